The van der Waals surface area contributed by atoms with E-state index in [0.717, 1.165) is 41.5 Å². The lowest BCUT2D eigenvalue weighted by Gasteiger charge is -2.18. The molecule has 4 rings (SSSR count). The van der Waals surface area contributed by atoms with Gasteiger partial charge in [-0.05, 0) is 68.0 Å². The van der Waals surface area contributed by atoms with E-state index in [9.17, 15) is 18.4 Å². The minimum atomic E-state index is -2.89. The minimum Gasteiger partial charge on any atom is -0.462 e. The van der Waals surface area contributed by atoms with Crippen molar-refractivity contribution in [3.05, 3.63) is 52.5 Å². The largest absolute Gasteiger partial charge is 0.462 e. The Bertz CT molecular complexity index is 1230. The van der Waals surface area contributed by atoms with E-state index in [4.69, 9.17) is 4.74 Å². The molecule has 7 nitrogen and oxygen atoms in total. The number of hydrogen-bond donors (Lipinski definition) is 1. The highest BCUT2D eigenvalue weighted by molar-refractivity contribution is 7.99. The summed E-state index contributed by atoms with van der Waals surface area (Å²) in [5.41, 5.74) is 2.74. The smallest absolute Gasteiger partial charge is 0.387 e. The van der Waals surface area contributed by atoms with Crippen molar-refractivity contribution in [2.75, 3.05) is 17.7 Å². The Hall–Kier alpha value is -3.05. The van der Waals surface area contributed by atoms with Crippen molar-refractivity contribution in [3.63, 3.8) is 0 Å². The summed E-state index contributed by atoms with van der Waals surface area (Å²) in [6.45, 7) is 1.31. The summed E-state index contributed by atoms with van der Waals surface area (Å²) in [5, 5.41) is 3.80. The lowest BCUT2D eigenvalue weighted by Crippen LogP contribution is -2.17. The van der Waals surface area contributed by atoms with Gasteiger partial charge in [-0.2, -0.15) is 8.78 Å². The van der Waals surface area contributed by atoms with Crippen LogP contribution in [0, 0.1) is 5.92 Å². The molecule has 1 aliphatic rings. The average Bonchev–Trinajstić information content (AvgIpc) is 3.20. The summed E-state index contributed by atoms with van der Waals surface area (Å²) in [5.74, 6) is -0.0526. The van der Waals surface area contributed by atoms with Crippen molar-refractivity contribution in [2.45, 2.75) is 44.9 Å². The zero-order valence-corrected chi connectivity index (χ0v) is 21.4. The molecule has 1 atom stereocenters. The highest BCUT2D eigenvalue weighted by Crippen LogP contribution is 2.40. The molecular weight excluding hydrogens is 508 g/mol. The number of anilines is 1. The third kappa shape index (κ3) is 6.38. The third-order valence-electron chi connectivity index (χ3n) is 5.59. The quantitative estimate of drug-likeness (QED) is 0.210. The maximum Gasteiger partial charge on any atom is 0.387 e. The Morgan fingerprint density at radius 2 is 2.03 bits per heavy atom. The van der Waals surface area contributed by atoms with Crippen LogP contribution in [-0.2, 0) is 22.4 Å². The molecule has 190 valence electrons. The first-order valence-corrected chi connectivity index (χ1v) is 13.3. The predicted molar refractivity (Wildman–Crippen MR) is 135 cm³/mol. The monoisotopic (exact) mass is 533 g/mol. The second kappa shape index (κ2) is 11.8. The van der Waals surface area contributed by atoms with Crippen LogP contribution in [0.3, 0.4) is 0 Å². The molecule has 1 unspecified atom stereocenters. The maximum absolute atomic E-state index is 12.8. The van der Waals surface area contributed by atoms with Crippen LogP contribution in [-0.4, -0.2) is 40.8 Å². The van der Waals surface area contributed by atoms with Crippen molar-refractivity contribution >= 4 is 40.0 Å². The molecular formula is C25H25F2N3O4S2. The van der Waals surface area contributed by atoms with E-state index in [1.165, 1.54) is 23.5 Å². The number of thiophene rings is 1. The fourth-order valence-electron chi connectivity index (χ4n) is 3.93. The third-order valence-corrected chi connectivity index (χ3v) is 7.62. The normalized spacial score (nSPS) is 14.9. The van der Waals surface area contributed by atoms with Gasteiger partial charge in [-0.1, -0.05) is 18.7 Å². The SMILES string of the molecule is CCOC(=O)c1c(NC(=O)CSc2nccc(-c3ccc(OC(F)F)cc3)n2)sc2c1CCC(C)C2. The van der Waals surface area contributed by atoms with E-state index in [2.05, 4.69) is 26.9 Å². The number of carbonyl (C=O) groups excluding carboxylic acids is 2. The minimum absolute atomic E-state index is 0.0475. The molecule has 1 aliphatic carbocycles. The topological polar surface area (TPSA) is 90.4 Å². The Morgan fingerprint density at radius 3 is 2.75 bits per heavy atom. The first-order valence-electron chi connectivity index (χ1n) is 11.5. The number of carbonyl (C=O) groups is 2. The summed E-state index contributed by atoms with van der Waals surface area (Å²) >= 11 is 2.60. The van der Waals surface area contributed by atoms with Crippen molar-refractivity contribution in [1.29, 1.82) is 0 Å². The molecule has 0 spiro atoms. The van der Waals surface area contributed by atoms with Gasteiger partial charge in [-0.25, -0.2) is 14.8 Å². The van der Waals surface area contributed by atoms with Gasteiger partial charge in [-0.15, -0.1) is 11.3 Å². The molecule has 36 heavy (non-hydrogen) atoms. The summed E-state index contributed by atoms with van der Waals surface area (Å²) in [7, 11) is 0. The molecule has 0 bridgehead atoms. The molecule has 11 heteroatoms. The van der Waals surface area contributed by atoms with Gasteiger partial charge in [0.2, 0.25) is 5.91 Å². The Kier molecular flexibility index (Phi) is 8.52. The van der Waals surface area contributed by atoms with Crippen LogP contribution in [0.25, 0.3) is 11.3 Å². The van der Waals surface area contributed by atoms with Crippen LogP contribution >= 0.6 is 23.1 Å². The number of rotatable bonds is 9. The Balaban J connectivity index is 1.43. The lowest BCUT2D eigenvalue weighted by atomic mass is 9.88. The highest BCUT2D eigenvalue weighted by atomic mass is 32.2. The van der Waals surface area contributed by atoms with Crippen LogP contribution < -0.4 is 10.1 Å². The number of esters is 1. The summed E-state index contributed by atoms with van der Waals surface area (Å²) in [4.78, 5) is 35.2. The molecule has 1 aromatic carbocycles. The molecule has 3 aromatic rings. The molecule has 2 heterocycles. The molecule has 0 aliphatic heterocycles. The van der Waals surface area contributed by atoms with Crippen molar-refractivity contribution < 1.29 is 27.8 Å². The summed E-state index contributed by atoms with van der Waals surface area (Å²) < 4.78 is 34.3. The molecule has 0 saturated carbocycles. The zero-order valence-electron chi connectivity index (χ0n) is 19.8. The van der Waals surface area contributed by atoms with Gasteiger partial charge in [0.15, 0.2) is 5.16 Å². The van der Waals surface area contributed by atoms with E-state index in [-0.39, 0.29) is 24.0 Å². The molecule has 0 fully saturated rings. The Labute approximate surface area is 215 Å². The van der Waals surface area contributed by atoms with Crippen LogP contribution in [0.5, 0.6) is 5.75 Å². The number of benzene rings is 1. The fourth-order valence-corrected chi connectivity index (χ4v) is 5.97. The van der Waals surface area contributed by atoms with Crippen molar-refractivity contribution in [2.24, 2.45) is 5.92 Å². The fraction of sp³-hybridized carbons (Fsp3) is 0.360. The van der Waals surface area contributed by atoms with Gasteiger partial charge >= 0.3 is 12.6 Å². The van der Waals surface area contributed by atoms with E-state index in [0.29, 0.717) is 32.9 Å². The second-order valence-electron chi connectivity index (χ2n) is 8.24. The first kappa shape index (κ1) is 26.0. The highest BCUT2D eigenvalue weighted by Gasteiger charge is 2.29. The summed E-state index contributed by atoms with van der Waals surface area (Å²) in [6.07, 6.45) is 4.24. The van der Waals surface area contributed by atoms with Gasteiger partial charge in [0.25, 0.3) is 0 Å². The number of fused-ring (bicyclic) bond motifs is 1. The zero-order chi connectivity index (χ0) is 25.7. The first-order chi connectivity index (χ1) is 17.3. The number of thioether (sulfide) groups is 1. The van der Waals surface area contributed by atoms with Crippen LogP contribution in [0.2, 0.25) is 0 Å². The van der Waals surface area contributed by atoms with E-state index >= 15 is 0 Å². The van der Waals surface area contributed by atoms with E-state index < -0.39 is 12.6 Å². The lowest BCUT2D eigenvalue weighted by molar-refractivity contribution is -0.113. The molecule has 0 saturated heterocycles. The number of hydrogen-bond acceptors (Lipinski definition) is 8. The van der Waals surface area contributed by atoms with Gasteiger partial charge in [0, 0.05) is 16.6 Å². The molecule has 1 N–H and O–H groups in total. The predicted octanol–water partition coefficient (Wildman–Crippen LogP) is 5.84. The standard InChI is InChI=1S/C25H25F2N3O4S2/c1-3-33-23(32)21-17-9-4-14(2)12-19(17)36-22(21)30-20(31)13-35-25-28-11-10-18(29-25)15-5-7-16(8-6-15)34-24(26)27/h5-8,10-11,14,24H,3-4,9,12-13H2,1-2H3,(H,30,31). The molecule has 0 radical (unpaired) electrons. The van der Waals surface area contributed by atoms with Gasteiger partial charge < -0.3 is 14.8 Å². The van der Waals surface area contributed by atoms with Gasteiger partial charge in [0.1, 0.15) is 10.8 Å². The molecule has 2 aromatic heterocycles. The average molecular weight is 534 g/mol. The number of nitrogens with zero attached hydrogens (tertiary/aromatic N) is 2. The van der Waals surface area contributed by atoms with E-state index in [1.54, 1.807) is 31.3 Å². The number of halogens is 2. The van der Waals surface area contributed by atoms with Gasteiger partial charge in [0.05, 0.1) is 23.6 Å². The number of amides is 1. The number of nitrogens with one attached hydrogen (secondary N) is 1. The number of alkyl halides is 2. The van der Waals surface area contributed by atoms with Crippen LogP contribution in [0.15, 0.2) is 41.7 Å². The van der Waals surface area contributed by atoms with Crippen LogP contribution in [0.1, 0.15) is 41.1 Å². The second-order valence-corrected chi connectivity index (χ2v) is 10.3. The van der Waals surface area contributed by atoms with Crippen LogP contribution in [0.4, 0.5) is 13.8 Å². The van der Waals surface area contributed by atoms with Crippen molar-refractivity contribution in [1.82, 2.24) is 9.97 Å². The summed E-state index contributed by atoms with van der Waals surface area (Å²) in [6, 6.07) is 7.81. The number of aromatic nitrogens is 2. The number of ether oxygens (including phenoxy) is 2. The van der Waals surface area contributed by atoms with Gasteiger partial charge in [-0.3, -0.25) is 4.79 Å². The van der Waals surface area contributed by atoms with E-state index in [1.807, 2.05) is 0 Å². The van der Waals surface area contributed by atoms with Crippen molar-refractivity contribution in [3.8, 4) is 17.0 Å². The molecule has 1 amide bonds. The maximum atomic E-state index is 12.8. The Morgan fingerprint density at radius 1 is 1.25 bits per heavy atom.